The van der Waals surface area contributed by atoms with Crippen LogP contribution >= 0.6 is 0 Å². The molecule has 1 aromatic heterocycles. The minimum absolute atomic E-state index is 0.104. The molecular weight excluding hydrogens is 366 g/mol. The highest BCUT2D eigenvalue weighted by Crippen LogP contribution is 2.22. The highest BCUT2D eigenvalue weighted by atomic mass is 16.2. The Hall–Kier alpha value is -2.96. The van der Waals surface area contributed by atoms with Crippen LogP contribution in [0.1, 0.15) is 18.4 Å². The van der Waals surface area contributed by atoms with Gasteiger partial charge < -0.3 is 14.7 Å². The van der Waals surface area contributed by atoms with Crippen LogP contribution in [-0.2, 0) is 16.0 Å². The van der Waals surface area contributed by atoms with Crippen molar-refractivity contribution in [3.63, 3.8) is 0 Å². The van der Waals surface area contributed by atoms with Gasteiger partial charge in [-0.15, -0.1) is 0 Å². The Morgan fingerprint density at radius 2 is 1.72 bits per heavy atom. The second kappa shape index (κ2) is 9.03. The lowest BCUT2D eigenvalue weighted by molar-refractivity contribution is -0.136. The largest absolute Gasteiger partial charge is 0.342 e. The summed E-state index contributed by atoms with van der Waals surface area (Å²) in [6.07, 6.45) is 5.68. The number of benzene rings is 1. The van der Waals surface area contributed by atoms with Crippen molar-refractivity contribution in [3.8, 4) is 0 Å². The van der Waals surface area contributed by atoms with Crippen molar-refractivity contribution in [3.05, 3.63) is 54.4 Å². The number of aryl methyl sites for hydroxylation is 1. The fraction of sp³-hybridized carbons (Fsp3) is 0.455. The van der Waals surface area contributed by atoms with E-state index >= 15 is 0 Å². The summed E-state index contributed by atoms with van der Waals surface area (Å²) in [4.78, 5) is 39.7. The second-order valence-electron chi connectivity index (χ2n) is 7.69. The molecule has 2 aliphatic heterocycles. The average molecular weight is 393 g/mol. The van der Waals surface area contributed by atoms with E-state index in [-0.39, 0.29) is 17.7 Å². The first kappa shape index (κ1) is 19.4. The molecule has 1 unspecified atom stereocenters. The summed E-state index contributed by atoms with van der Waals surface area (Å²) < 4.78 is 0. The summed E-state index contributed by atoms with van der Waals surface area (Å²) in [7, 11) is 0. The number of piperazine rings is 1. The molecular formula is C22H27N5O2. The molecule has 2 aromatic rings. The number of hydrogen-bond acceptors (Lipinski definition) is 5. The average Bonchev–Trinajstić information content (AvgIpc) is 3.15. The van der Waals surface area contributed by atoms with Crippen LogP contribution in [0.3, 0.4) is 0 Å². The van der Waals surface area contributed by atoms with E-state index in [0.29, 0.717) is 32.0 Å². The Morgan fingerprint density at radius 3 is 2.45 bits per heavy atom. The Bertz CT molecular complexity index is 822. The van der Waals surface area contributed by atoms with Crippen LogP contribution in [0.25, 0.3) is 0 Å². The first-order valence-electron chi connectivity index (χ1n) is 10.3. The van der Waals surface area contributed by atoms with Gasteiger partial charge >= 0.3 is 0 Å². The van der Waals surface area contributed by atoms with Crippen molar-refractivity contribution in [2.75, 3.05) is 44.2 Å². The van der Waals surface area contributed by atoms with Gasteiger partial charge in [0.25, 0.3) is 0 Å². The number of hydrogen-bond donors (Lipinski definition) is 0. The molecule has 29 heavy (non-hydrogen) atoms. The third-order valence-electron chi connectivity index (χ3n) is 5.73. The normalized spacial score (nSPS) is 19.7. The Labute approximate surface area is 171 Å². The number of carbonyl (C=O) groups excluding carboxylic acids is 2. The molecule has 2 saturated heterocycles. The van der Waals surface area contributed by atoms with E-state index in [9.17, 15) is 9.59 Å². The highest BCUT2D eigenvalue weighted by molar-refractivity contribution is 5.89. The van der Waals surface area contributed by atoms with Gasteiger partial charge in [-0.05, 0) is 24.5 Å². The smallest absolute Gasteiger partial charge is 0.228 e. The summed E-state index contributed by atoms with van der Waals surface area (Å²) in [6, 6.07) is 12.1. The van der Waals surface area contributed by atoms with Gasteiger partial charge in [-0.25, -0.2) is 9.97 Å². The van der Waals surface area contributed by atoms with Crippen LogP contribution in [0, 0.1) is 5.92 Å². The molecule has 4 rings (SSSR count). The second-order valence-corrected chi connectivity index (χ2v) is 7.69. The Balaban J connectivity index is 1.24. The molecule has 1 atom stereocenters. The lowest BCUT2D eigenvalue weighted by atomic mass is 10.1. The minimum atomic E-state index is -0.209. The van der Waals surface area contributed by atoms with E-state index in [1.54, 1.807) is 18.5 Å². The fourth-order valence-corrected chi connectivity index (χ4v) is 4.11. The van der Waals surface area contributed by atoms with Gasteiger partial charge in [-0.1, -0.05) is 30.3 Å². The highest BCUT2D eigenvalue weighted by Gasteiger charge is 2.37. The summed E-state index contributed by atoms with van der Waals surface area (Å²) in [5.41, 5.74) is 1.28. The molecule has 7 heteroatoms. The van der Waals surface area contributed by atoms with Gasteiger partial charge in [0.1, 0.15) is 0 Å². The van der Waals surface area contributed by atoms with Crippen molar-refractivity contribution in [1.82, 2.24) is 19.8 Å². The van der Waals surface area contributed by atoms with Crippen LogP contribution in [0.15, 0.2) is 48.8 Å². The van der Waals surface area contributed by atoms with Gasteiger partial charge in [-0.2, -0.15) is 0 Å². The molecule has 0 spiro atoms. The maximum absolute atomic E-state index is 12.9. The van der Waals surface area contributed by atoms with E-state index in [1.807, 2.05) is 28.0 Å². The zero-order valence-electron chi connectivity index (χ0n) is 16.6. The summed E-state index contributed by atoms with van der Waals surface area (Å²) >= 11 is 0. The minimum Gasteiger partial charge on any atom is -0.342 e. The van der Waals surface area contributed by atoms with E-state index in [2.05, 4.69) is 27.0 Å². The maximum atomic E-state index is 12.9. The molecule has 0 N–H and O–H groups in total. The van der Waals surface area contributed by atoms with Gasteiger partial charge in [0.15, 0.2) is 0 Å². The number of aromatic nitrogens is 2. The SMILES string of the molecule is O=C1CC(C(=O)N2CCN(c3ncccn3)CC2)CN1CCCc1ccccc1. The topological polar surface area (TPSA) is 69.6 Å². The van der Waals surface area contributed by atoms with Crippen LogP contribution in [-0.4, -0.2) is 70.9 Å². The Kier molecular flexibility index (Phi) is 6.03. The van der Waals surface area contributed by atoms with Crippen molar-refractivity contribution < 1.29 is 9.59 Å². The van der Waals surface area contributed by atoms with Crippen molar-refractivity contribution in [1.29, 1.82) is 0 Å². The van der Waals surface area contributed by atoms with Gasteiger partial charge in [0, 0.05) is 58.1 Å². The standard InChI is InChI=1S/C22H27N5O2/c28-20-16-19(17-27(20)11-4-8-18-6-2-1-3-7-18)21(29)25-12-14-26(15-13-25)22-23-9-5-10-24-22/h1-3,5-7,9-10,19H,4,8,11-17H2. The molecule has 1 aromatic carbocycles. The van der Waals surface area contributed by atoms with Crippen LogP contribution in [0.2, 0.25) is 0 Å². The van der Waals surface area contributed by atoms with Crippen LogP contribution in [0.4, 0.5) is 5.95 Å². The van der Waals surface area contributed by atoms with E-state index in [1.165, 1.54) is 5.56 Å². The third-order valence-corrected chi connectivity index (χ3v) is 5.73. The number of likely N-dealkylation sites (tertiary alicyclic amines) is 1. The maximum Gasteiger partial charge on any atom is 0.228 e. The molecule has 0 saturated carbocycles. The van der Waals surface area contributed by atoms with Crippen LogP contribution in [0.5, 0.6) is 0 Å². The van der Waals surface area contributed by atoms with Gasteiger partial charge in [0.2, 0.25) is 17.8 Å². The van der Waals surface area contributed by atoms with Crippen molar-refractivity contribution in [2.24, 2.45) is 5.92 Å². The summed E-state index contributed by atoms with van der Waals surface area (Å²) in [6.45, 7) is 4.01. The van der Waals surface area contributed by atoms with E-state index in [0.717, 1.165) is 32.5 Å². The lowest BCUT2D eigenvalue weighted by Crippen LogP contribution is -2.51. The number of anilines is 1. The molecule has 2 aliphatic rings. The summed E-state index contributed by atoms with van der Waals surface area (Å²) in [5, 5.41) is 0. The van der Waals surface area contributed by atoms with Gasteiger partial charge in [-0.3, -0.25) is 9.59 Å². The van der Waals surface area contributed by atoms with E-state index in [4.69, 9.17) is 0 Å². The quantitative estimate of drug-likeness (QED) is 0.746. The van der Waals surface area contributed by atoms with Crippen LogP contribution < -0.4 is 4.90 Å². The molecule has 0 radical (unpaired) electrons. The molecule has 7 nitrogen and oxygen atoms in total. The molecule has 2 amide bonds. The lowest BCUT2D eigenvalue weighted by Gasteiger charge is -2.35. The molecule has 3 heterocycles. The number of nitrogens with zero attached hydrogens (tertiary/aromatic N) is 5. The number of amides is 2. The fourth-order valence-electron chi connectivity index (χ4n) is 4.11. The zero-order chi connectivity index (χ0) is 20.1. The van der Waals surface area contributed by atoms with Crippen molar-refractivity contribution in [2.45, 2.75) is 19.3 Å². The monoisotopic (exact) mass is 393 g/mol. The third kappa shape index (κ3) is 4.72. The summed E-state index contributed by atoms with van der Waals surface area (Å²) in [5.74, 6) is 0.712. The Morgan fingerprint density at radius 1 is 1.00 bits per heavy atom. The zero-order valence-corrected chi connectivity index (χ0v) is 16.6. The molecule has 0 bridgehead atoms. The van der Waals surface area contributed by atoms with Crippen molar-refractivity contribution >= 4 is 17.8 Å². The first-order chi connectivity index (χ1) is 14.2. The predicted molar refractivity (Wildman–Crippen MR) is 110 cm³/mol. The van der Waals surface area contributed by atoms with E-state index < -0.39 is 0 Å². The number of rotatable bonds is 6. The first-order valence-corrected chi connectivity index (χ1v) is 10.3. The predicted octanol–water partition coefficient (Wildman–Crippen LogP) is 1.61. The number of carbonyl (C=O) groups is 2. The molecule has 2 fully saturated rings. The molecule has 0 aliphatic carbocycles. The molecule has 152 valence electrons. The van der Waals surface area contributed by atoms with Gasteiger partial charge in [0.05, 0.1) is 5.92 Å².